The van der Waals surface area contributed by atoms with Crippen LogP contribution in [0.1, 0.15) is 21.6 Å². The number of amides is 1. The Morgan fingerprint density at radius 3 is 2.22 bits per heavy atom. The van der Waals surface area contributed by atoms with Crippen LogP contribution in [0.3, 0.4) is 0 Å². The summed E-state index contributed by atoms with van der Waals surface area (Å²) in [5, 5.41) is 4.55. The second-order valence-corrected chi connectivity index (χ2v) is 9.19. The van der Waals surface area contributed by atoms with Gasteiger partial charge in [-0.05, 0) is 48.0 Å². The molecule has 188 valence electrons. The third-order valence-corrected chi connectivity index (χ3v) is 6.42. The lowest BCUT2D eigenvalue weighted by Crippen LogP contribution is -2.31. The normalized spacial score (nSPS) is 12.2. The Morgan fingerprint density at radius 2 is 1.61 bits per heavy atom. The van der Waals surface area contributed by atoms with Crippen molar-refractivity contribution in [2.24, 2.45) is 0 Å². The van der Waals surface area contributed by atoms with Gasteiger partial charge in [0.25, 0.3) is 15.9 Å². The Kier molecular flexibility index (Phi) is 6.67. The minimum Gasteiger partial charge on any atom is -0.435 e. The number of rotatable bonds is 7. The van der Waals surface area contributed by atoms with Crippen molar-refractivity contribution < 1.29 is 39.9 Å². The largest absolute Gasteiger partial charge is 0.435 e. The Hall–Kier alpha value is -4.00. The first-order chi connectivity index (χ1) is 16.9. The highest BCUT2D eigenvalue weighted by atomic mass is 32.2. The number of halogens is 5. The average molecular weight is 525 g/mol. The molecule has 0 saturated heterocycles. The van der Waals surface area contributed by atoms with E-state index in [-0.39, 0.29) is 18.0 Å². The number of nitrogens with one attached hydrogen (secondary N) is 1. The zero-order valence-corrected chi connectivity index (χ0v) is 18.9. The average Bonchev–Trinajstić information content (AvgIpc) is 3.18. The molecular formula is C23H16F5N3O4S. The second-order valence-electron chi connectivity index (χ2n) is 7.50. The van der Waals surface area contributed by atoms with E-state index in [1.54, 1.807) is 24.3 Å². The molecule has 0 aliphatic carbocycles. The van der Waals surface area contributed by atoms with E-state index in [9.17, 15) is 35.2 Å². The maximum absolute atomic E-state index is 12.9. The van der Waals surface area contributed by atoms with E-state index in [4.69, 9.17) is 0 Å². The van der Waals surface area contributed by atoms with Gasteiger partial charge < -0.3 is 4.74 Å². The minimum atomic E-state index is -4.65. The van der Waals surface area contributed by atoms with E-state index >= 15 is 0 Å². The molecule has 0 aliphatic rings. The molecule has 1 aromatic heterocycles. The van der Waals surface area contributed by atoms with Crippen LogP contribution in [-0.2, 0) is 22.7 Å². The highest BCUT2D eigenvalue weighted by molar-refractivity contribution is 7.90. The molecular weight excluding hydrogens is 509 g/mol. The van der Waals surface area contributed by atoms with Crippen molar-refractivity contribution in [3.05, 3.63) is 89.6 Å². The standard InChI is InChI=1S/C23H16F5N3O4S/c24-22(25)35-16-9-5-14(6-10-16)13-31-19-4-2-1-3-18(19)20(29-31)21(32)30-36(33,34)17-11-7-15(8-12-17)23(26,27)28/h1-12,22H,13H2,(H,30,32). The fraction of sp³-hybridized carbons (Fsp3) is 0.130. The van der Waals surface area contributed by atoms with E-state index in [0.29, 0.717) is 28.6 Å². The first-order valence-electron chi connectivity index (χ1n) is 10.2. The maximum atomic E-state index is 12.9. The van der Waals surface area contributed by atoms with Crippen LogP contribution >= 0.6 is 0 Å². The number of ether oxygens (including phenoxy) is 1. The van der Waals surface area contributed by atoms with Gasteiger partial charge >= 0.3 is 12.8 Å². The molecule has 1 N–H and O–H groups in total. The molecule has 1 amide bonds. The molecule has 0 spiro atoms. The van der Waals surface area contributed by atoms with Crippen LogP contribution < -0.4 is 9.46 Å². The summed E-state index contributed by atoms with van der Waals surface area (Å²) >= 11 is 0. The molecule has 0 saturated carbocycles. The van der Waals surface area contributed by atoms with Crippen LogP contribution in [0.5, 0.6) is 5.75 Å². The van der Waals surface area contributed by atoms with Crippen molar-refractivity contribution in [3.63, 3.8) is 0 Å². The molecule has 0 fully saturated rings. The van der Waals surface area contributed by atoms with Gasteiger partial charge in [0.05, 0.1) is 22.5 Å². The first-order valence-corrected chi connectivity index (χ1v) is 11.7. The number of sulfonamides is 1. The topological polar surface area (TPSA) is 90.3 Å². The molecule has 0 bridgehead atoms. The summed E-state index contributed by atoms with van der Waals surface area (Å²) in [6.45, 7) is -2.85. The molecule has 0 unspecified atom stereocenters. The van der Waals surface area contributed by atoms with Gasteiger partial charge in [-0.3, -0.25) is 9.48 Å². The van der Waals surface area contributed by atoms with Crippen LogP contribution in [0.15, 0.2) is 77.7 Å². The number of benzene rings is 3. The Balaban J connectivity index is 1.59. The molecule has 0 aliphatic heterocycles. The number of hydrogen-bond acceptors (Lipinski definition) is 5. The summed E-state index contributed by atoms with van der Waals surface area (Å²) in [5.41, 5.74) is -0.137. The van der Waals surface area contributed by atoms with Crippen LogP contribution in [0.2, 0.25) is 0 Å². The molecule has 7 nitrogen and oxygen atoms in total. The van der Waals surface area contributed by atoms with Crippen molar-refractivity contribution in [1.29, 1.82) is 0 Å². The summed E-state index contributed by atoms with van der Waals surface area (Å²) in [6.07, 6.45) is -4.65. The van der Waals surface area contributed by atoms with E-state index in [2.05, 4.69) is 9.84 Å². The molecule has 0 atom stereocenters. The monoisotopic (exact) mass is 525 g/mol. The molecule has 13 heteroatoms. The van der Waals surface area contributed by atoms with E-state index < -0.39 is 39.2 Å². The van der Waals surface area contributed by atoms with E-state index in [1.165, 1.54) is 28.9 Å². The predicted octanol–water partition coefficient (Wildman–Crippen LogP) is 4.82. The zero-order valence-electron chi connectivity index (χ0n) is 18.0. The number of hydrogen-bond donors (Lipinski definition) is 1. The van der Waals surface area contributed by atoms with Gasteiger partial charge in [0.1, 0.15) is 5.75 Å². The number of para-hydroxylation sites is 1. The summed E-state index contributed by atoms with van der Waals surface area (Å²) in [7, 11) is -4.49. The van der Waals surface area contributed by atoms with Crippen molar-refractivity contribution in [3.8, 4) is 5.75 Å². The molecule has 1 heterocycles. The van der Waals surface area contributed by atoms with Gasteiger partial charge in [-0.2, -0.15) is 27.1 Å². The second kappa shape index (κ2) is 9.57. The highest BCUT2D eigenvalue weighted by Crippen LogP contribution is 2.30. The van der Waals surface area contributed by atoms with E-state index in [0.717, 1.165) is 12.1 Å². The van der Waals surface area contributed by atoms with Gasteiger partial charge in [-0.25, -0.2) is 13.1 Å². The fourth-order valence-corrected chi connectivity index (χ4v) is 4.37. The highest BCUT2D eigenvalue weighted by Gasteiger charge is 2.31. The van der Waals surface area contributed by atoms with Crippen LogP contribution in [0.25, 0.3) is 10.9 Å². The smallest absolute Gasteiger partial charge is 0.416 e. The van der Waals surface area contributed by atoms with Crippen molar-refractivity contribution in [2.45, 2.75) is 24.2 Å². The van der Waals surface area contributed by atoms with E-state index in [1.807, 2.05) is 4.72 Å². The number of carbonyl (C=O) groups excluding carboxylic acids is 1. The third-order valence-electron chi connectivity index (χ3n) is 5.07. The predicted molar refractivity (Wildman–Crippen MR) is 118 cm³/mol. The Labute approximate surface area is 201 Å². The quantitative estimate of drug-likeness (QED) is 0.350. The molecule has 3 aromatic carbocycles. The van der Waals surface area contributed by atoms with Crippen molar-refractivity contribution in [2.75, 3.05) is 0 Å². The SMILES string of the molecule is O=C(NS(=O)(=O)c1ccc(C(F)(F)F)cc1)c1nn(Cc2ccc(OC(F)F)cc2)c2ccccc12. The summed E-state index contributed by atoms with van der Waals surface area (Å²) in [4.78, 5) is 12.3. The number of aromatic nitrogens is 2. The Morgan fingerprint density at radius 1 is 0.972 bits per heavy atom. The minimum absolute atomic E-state index is 0.0346. The lowest BCUT2D eigenvalue weighted by atomic mass is 10.2. The number of carbonyl (C=O) groups is 1. The van der Waals surface area contributed by atoms with Gasteiger partial charge in [0, 0.05) is 5.39 Å². The molecule has 4 rings (SSSR count). The van der Waals surface area contributed by atoms with Crippen LogP contribution in [0.4, 0.5) is 22.0 Å². The number of alkyl halides is 5. The lowest BCUT2D eigenvalue weighted by Gasteiger charge is -2.09. The molecule has 4 aromatic rings. The lowest BCUT2D eigenvalue weighted by molar-refractivity contribution is -0.137. The summed E-state index contributed by atoms with van der Waals surface area (Å²) in [6, 6.07) is 14.9. The van der Waals surface area contributed by atoms with Crippen molar-refractivity contribution in [1.82, 2.24) is 14.5 Å². The Bertz CT molecular complexity index is 1500. The molecule has 36 heavy (non-hydrogen) atoms. The van der Waals surface area contributed by atoms with Gasteiger partial charge in [0.15, 0.2) is 5.69 Å². The van der Waals surface area contributed by atoms with Gasteiger partial charge in [-0.15, -0.1) is 0 Å². The van der Waals surface area contributed by atoms with Crippen LogP contribution in [-0.4, -0.2) is 30.7 Å². The third kappa shape index (κ3) is 5.46. The maximum Gasteiger partial charge on any atom is 0.416 e. The van der Waals surface area contributed by atoms with Gasteiger partial charge in [-0.1, -0.05) is 30.3 Å². The summed E-state index contributed by atoms with van der Waals surface area (Å²) < 4.78 is 95.8. The molecule has 0 radical (unpaired) electrons. The van der Waals surface area contributed by atoms with Crippen molar-refractivity contribution >= 4 is 26.8 Å². The fourth-order valence-electron chi connectivity index (χ4n) is 3.42. The van der Waals surface area contributed by atoms with Crippen LogP contribution in [0, 0.1) is 0 Å². The van der Waals surface area contributed by atoms with Gasteiger partial charge in [0.2, 0.25) is 0 Å². The summed E-state index contributed by atoms with van der Waals surface area (Å²) in [5.74, 6) is -1.11. The number of fused-ring (bicyclic) bond motifs is 1. The number of nitrogens with zero attached hydrogens (tertiary/aromatic N) is 2. The first kappa shape index (κ1) is 25.1. The zero-order chi connectivity index (χ0) is 26.1.